The molecule has 0 saturated heterocycles. The molecule has 0 bridgehead atoms. The van der Waals surface area contributed by atoms with Crippen LogP contribution in [0.5, 0.6) is 11.5 Å². The van der Waals surface area contributed by atoms with E-state index in [2.05, 4.69) is 5.32 Å². The molecule has 0 heterocycles. The number of hydrogen-bond acceptors (Lipinski definition) is 4. The molecule has 0 spiro atoms. The van der Waals surface area contributed by atoms with E-state index in [1.54, 1.807) is 14.2 Å². The molecule has 5 nitrogen and oxygen atoms in total. The fourth-order valence-corrected chi connectivity index (χ4v) is 2.51. The highest BCUT2D eigenvalue weighted by molar-refractivity contribution is 5.79. The zero-order valence-corrected chi connectivity index (χ0v) is 15.0. The molecule has 0 aliphatic heterocycles. The molecule has 0 fully saturated rings. The summed E-state index contributed by atoms with van der Waals surface area (Å²) in [6.45, 7) is 2.15. The number of benzene rings is 2. The molecule has 2 aromatic carbocycles. The lowest BCUT2D eigenvalue weighted by molar-refractivity contribution is -0.125. The maximum Gasteiger partial charge on any atom is 0.224 e. The Bertz CT molecular complexity index is 668. The van der Waals surface area contributed by atoms with Crippen LogP contribution in [0.3, 0.4) is 0 Å². The molecular formula is C20H26N2O3. The van der Waals surface area contributed by atoms with Gasteiger partial charge in [-0.3, -0.25) is 4.79 Å². The normalized spacial score (nSPS) is 13.0. The Hall–Kier alpha value is -2.53. The van der Waals surface area contributed by atoms with E-state index in [1.807, 2.05) is 55.5 Å². The van der Waals surface area contributed by atoms with Gasteiger partial charge in [0.25, 0.3) is 0 Å². The van der Waals surface area contributed by atoms with Crippen molar-refractivity contribution in [2.45, 2.75) is 19.4 Å². The first-order chi connectivity index (χ1) is 12.1. The van der Waals surface area contributed by atoms with Crippen LogP contribution in [0.25, 0.3) is 0 Å². The van der Waals surface area contributed by atoms with E-state index in [4.69, 9.17) is 15.2 Å². The number of rotatable bonds is 8. The lowest BCUT2D eigenvalue weighted by Crippen LogP contribution is -2.36. The summed E-state index contributed by atoms with van der Waals surface area (Å²) in [7, 11) is 3.28. The second-order valence-electron chi connectivity index (χ2n) is 6.02. The third kappa shape index (κ3) is 5.22. The van der Waals surface area contributed by atoms with Crippen molar-refractivity contribution >= 4 is 5.91 Å². The SMILES string of the molecule is COc1ccc(CC(NC(=O)C(C)CN)c2ccc(OC)cc2)cc1. The minimum atomic E-state index is -0.225. The topological polar surface area (TPSA) is 73.6 Å². The number of nitrogens with one attached hydrogen (secondary N) is 1. The third-order valence-electron chi connectivity index (χ3n) is 4.23. The first kappa shape index (κ1) is 18.8. The summed E-state index contributed by atoms with van der Waals surface area (Å²) in [6, 6.07) is 15.5. The van der Waals surface area contributed by atoms with Crippen molar-refractivity contribution in [2.75, 3.05) is 20.8 Å². The molecule has 0 aliphatic carbocycles. The molecule has 2 rings (SSSR count). The minimum Gasteiger partial charge on any atom is -0.497 e. The highest BCUT2D eigenvalue weighted by atomic mass is 16.5. The Morgan fingerprint density at radius 2 is 1.52 bits per heavy atom. The van der Waals surface area contributed by atoms with Gasteiger partial charge < -0.3 is 20.5 Å². The summed E-state index contributed by atoms with van der Waals surface area (Å²) >= 11 is 0. The van der Waals surface area contributed by atoms with Crippen molar-refractivity contribution in [2.24, 2.45) is 11.7 Å². The van der Waals surface area contributed by atoms with E-state index < -0.39 is 0 Å². The van der Waals surface area contributed by atoms with E-state index in [0.717, 1.165) is 22.6 Å². The second-order valence-corrected chi connectivity index (χ2v) is 6.02. The van der Waals surface area contributed by atoms with Crippen LogP contribution in [0.2, 0.25) is 0 Å². The smallest absolute Gasteiger partial charge is 0.224 e. The molecule has 0 saturated carbocycles. The van der Waals surface area contributed by atoms with Crippen LogP contribution in [0.15, 0.2) is 48.5 Å². The van der Waals surface area contributed by atoms with Crippen molar-refractivity contribution in [3.05, 3.63) is 59.7 Å². The summed E-state index contributed by atoms with van der Waals surface area (Å²) in [5.41, 5.74) is 7.75. The molecule has 5 heteroatoms. The first-order valence-electron chi connectivity index (χ1n) is 8.34. The molecule has 134 valence electrons. The van der Waals surface area contributed by atoms with Gasteiger partial charge in [-0.05, 0) is 41.8 Å². The predicted molar refractivity (Wildman–Crippen MR) is 98.8 cm³/mol. The highest BCUT2D eigenvalue weighted by Gasteiger charge is 2.19. The quantitative estimate of drug-likeness (QED) is 0.773. The van der Waals surface area contributed by atoms with Gasteiger partial charge in [-0.25, -0.2) is 0 Å². The van der Waals surface area contributed by atoms with Gasteiger partial charge in [0.05, 0.1) is 20.3 Å². The second kappa shape index (κ2) is 9.08. The highest BCUT2D eigenvalue weighted by Crippen LogP contribution is 2.23. The van der Waals surface area contributed by atoms with Crippen molar-refractivity contribution < 1.29 is 14.3 Å². The Morgan fingerprint density at radius 1 is 1.00 bits per heavy atom. The van der Waals surface area contributed by atoms with Crippen molar-refractivity contribution in [1.82, 2.24) is 5.32 Å². The number of methoxy groups -OCH3 is 2. The van der Waals surface area contributed by atoms with E-state index in [1.165, 1.54) is 0 Å². The number of ether oxygens (including phenoxy) is 2. The Labute approximate surface area is 149 Å². The summed E-state index contributed by atoms with van der Waals surface area (Å²) in [6.07, 6.45) is 0.680. The fourth-order valence-electron chi connectivity index (χ4n) is 2.51. The molecule has 2 aromatic rings. The minimum absolute atomic E-state index is 0.0446. The van der Waals surface area contributed by atoms with Gasteiger partial charge in [-0.1, -0.05) is 31.2 Å². The van der Waals surface area contributed by atoms with E-state index in [0.29, 0.717) is 13.0 Å². The van der Waals surface area contributed by atoms with Crippen LogP contribution < -0.4 is 20.5 Å². The van der Waals surface area contributed by atoms with Gasteiger partial charge in [-0.2, -0.15) is 0 Å². The van der Waals surface area contributed by atoms with Gasteiger partial charge in [0.2, 0.25) is 5.91 Å². The zero-order chi connectivity index (χ0) is 18.2. The Kier molecular flexibility index (Phi) is 6.83. The van der Waals surface area contributed by atoms with Crippen molar-refractivity contribution in [3.63, 3.8) is 0 Å². The van der Waals surface area contributed by atoms with Crippen LogP contribution in [0.1, 0.15) is 24.1 Å². The van der Waals surface area contributed by atoms with Gasteiger partial charge >= 0.3 is 0 Å². The predicted octanol–water partition coefficient (Wildman–Crippen LogP) is 2.70. The monoisotopic (exact) mass is 342 g/mol. The number of hydrogen-bond donors (Lipinski definition) is 2. The maximum absolute atomic E-state index is 12.3. The number of nitrogens with two attached hydrogens (primary N) is 1. The summed E-state index contributed by atoms with van der Waals surface area (Å²) < 4.78 is 10.4. The number of carbonyl (C=O) groups is 1. The van der Waals surface area contributed by atoms with Gasteiger partial charge in [0, 0.05) is 12.5 Å². The lowest BCUT2D eigenvalue weighted by Gasteiger charge is -2.22. The first-order valence-corrected chi connectivity index (χ1v) is 8.34. The molecule has 0 radical (unpaired) electrons. The van der Waals surface area contributed by atoms with E-state index in [-0.39, 0.29) is 17.9 Å². The number of amides is 1. The van der Waals surface area contributed by atoms with Crippen molar-refractivity contribution in [3.8, 4) is 11.5 Å². The summed E-state index contributed by atoms with van der Waals surface area (Å²) in [5.74, 6) is 1.33. The van der Waals surface area contributed by atoms with Gasteiger partial charge in [0.1, 0.15) is 11.5 Å². The van der Waals surface area contributed by atoms with Gasteiger partial charge in [0.15, 0.2) is 0 Å². The number of carbonyl (C=O) groups excluding carboxylic acids is 1. The molecule has 2 atom stereocenters. The van der Waals surface area contributed by atoms with Crippen LogP contribution in [0.4, 0.5) is 0 Å². The van der Waals surface area contributed by atoms with Crippen LogP contribution >= 0.6 is 0 Å². The van der Waals surface area contributed by atoms with Crippen molar-refractivity contribution in [1.29, 1.82) is 0 Å². The molecule has 0 aliphatic rings. The van der Waals surface area contributed by atoms with E-state index >= 15 is 0 Å². The maximum atomic E-state index is 12.3. The third-order valence-corrected chi connectivity index (χ3v) is 4.23. The van der Waals surface area contributed by atoms with Crippen LogP contribution in [-0.4, -0.2) is 26.7 Å². The van der Waals surface area contributed by atoms with Crippen LogP contribution in [-0.2, 0) is 11.2 Å². The summed E-state index contributed by atoms with van der Waals surface area (Å²) in [4.78, 5) is 12.3. The molecule has 1 amide bonds. The molecule has 25 heavy (non-hydrogen) atoms. The van der Waals surface area contributed by atoms with Crippen LogP contribution in [0, 0.1) is 5.92 Å². The average Bonchev–Trinajstić information content (AvgIpc) is 2.67. The lowest BCUT2D eigenvalue weighted by atomic mass is 9.97. The molecule has 3 N–H and O–H groups in total. The Morgan fingerprint density at radius 3 is 2.00 bits per heavy atom. The molecule has 0 aromatic heterocycles. The largest absolute Gasteiger partial charge is 0.497 e. The standard InChI is InChI=1S/C20H26N2O3/c1-14(13-21)20(23)22-19(16-6-10-18(25-3)11-7-16)12-15-4-8-17(24-2)9-5-15/h4-11,14,19H,12-13,21H2,1-3H3,(H,22,23). The summed E-state index contributed by atoms with van der Waals surface area (Å²) in [5, 5.41) is 3.11. The fraction of sp³-hybridized carbons (Fsp3) is 0.350. The molecular weight excluding hydrogens is 316 g/mol. The zero-order valence-electron chi connectivity index (χ0n) is 15.0. The molecule has 2 unspecified atom stereocenters. The van der Waals surface area contributed by atoms with E-state index in [9.17, 15) is 4.79 Å². The van der Waals surface area contributed by atoms with Gasteiger partial charge in [-0.15, -0.1) is 0 Å². The average molecular weight is 342 g/mol. The Balaban J connectivity index is 2.21.